The van der Waals surface area contributed by atoms with Crippen molar-refractivity contribution >= 4 is 85.2 Å². The molecule has 0 bridgehead atoms. The molecular weight excluding hydrogens is 870 g/mol. The predicted molar refractivity (Wildman–Crippen MR) is 236 cm³/mol. The summed E-state index contributed by atoms with van der Waals surface area (Å²) in [5.41, 5.74) is -1.02. The number of halogens is 1. The van der Waals surface area contributed by atoms with Crippen molar-refractivity contribution in [2.45, 2.75) is 32.6 Å². The first-order valence-electron chi connectivity index (χ1n) is 20.1. The van der Waals surface area contributed by atoms with Gasteiger partial charge < -0.3 is 19.5 Å². The van der Waals surface area contributed by atoms with Crippen molar-refractivity contribution in [1.29, 1.82) is 0 Å². The normalized spacial score (nSPS) is 23.9. The highest BCUT2D eigenvalue weighted by Gasteiger charge is 2.68. The Balaban J connectivity index is 1.18. The number of ether oxygens (including phenoxy) is 2. The number of aryl methyl sites for hydroxylation is 2. The summed E-state index contributed by atoms with van der Waals surface area (Å²) in [7, 11) is 7.16. The van der Waals surface area contributed by atoms with Gasteiger partial charge in [-0.15, -0.1) is 11.3 Å². The molecular formula is C44H40ClN7O11S. The van der Waals surface area contributed by atoms with E-state index >= 15 is 9.59 Å². The fraction of sp³-hybridized carbons (Fsp3) is 0.341. The summed E-state index contributed by atoms with van der Waals surface area (Å²) in [6.45, 7) is 3.65. The Morgan fingerprint density at radius 2 is 1.56 bits per heavy atom. The van der Waals surface area contributed by atoms with Crippen molar-refractivity contribution < 1.29 is 43.6 Å². The fourth-order valence-electron chi connectivity index (χ4n) is 10.6. The molecule has 64 heavy (non-hydrogen) atoms. The third-order valence-electron chi connectivity index (χ3n) is 13.5. The number of aromatic hydroxyl groups is 1. The van der Waals surface area contributed by atoms with E-state index in [9.17, 15) is 34.9 Å². The molecule has 9 rings (SSSR count). The largest absolute Gasteiger partial charge is 0.502 e. The van der Waals surface area contributed by atoms with Gasteiger partial charge in [0.05, 0.1) is 57.8 Å². The van der Waals surface area contributed by atoms with Crippen LogP contribution in [-0.4, -0.2) is 76.7 Å². The molecule has 2 aromatic heterocycles. The van der Waals surface area contributed by atoms with Gasteiger partial charge >= 0.3 is 11.4 Å². The molecule has 2 aliphatic heterocycles. The molecule has 3 aromatic carbocycles. The summed E-state index contributed by atoms with van der Waals surface area (Å²) in [6.07, 6.45) is 1.77. The summed E-state index contributed by atoms with van der Waals surface area (Å²) >= 11 is 7.82. The molecule has 5 aromatic rings. The van der Waals surface area contributed by atoms with Crippen molar-refractivity contribution in [1.82, 2.24) is 9.78 Å². The number of aromatic nitrogens is 2. The Morgan fingerprint density at radius 1 is 0.922 bits per heavy atom. The minimum atomic E-state index is -1.51. The number of anilines is 3. The quantitative estimate of drug-likeness (QED) is 0.0665. The number of fused-ring (bicyclic) bond motifs is 5. The Bertz CT molecular complexity index is 2920. The first kappa shape index (κ1) is 42.4. The maximum absolute atomic E-state index is 15.4. The molecule has 18 nitrogen and oxygen atoms in total. The average Bonchev–Trinajstić information content (AvgIpc) is 3.93. The van der Waals surface area contributed by atoms with Crippen LogP contribution in [0.15, 0.2) is 60.2 Å². The number of hydrogen-bond acceptors (Lipinski definition) is 14. The van der Waals surface area contributed by atoms with Gasteiger partial charge in [0.15, 0.2) is 17.2 Å². The van der Waals surface area contributed by atoms with Gasteiger partial charge in [-0.2, -0.15) is 5.10 Å². The zero-order valence-corrected chi connectivity index (χ0v) is 37.0. The number of carbonyl (C=O) groups excluding carboxylic acids is 4. The number of amides is 4. The van der Waals surface area contributed by atoms with E-state index < -0.39 is 79.9 Å². The molecule has 330 valence electrons. The van der Waals surface area contributed by atoms with Gasteiger partial charge in [0, 0.05) is 55.0 Å². The molecule has 4 amide bonds. The number of nitro benzene ring substituents is 2. The average molecular weight is 910 g/mol. The van der Waals surface area contributed by atoms with E-state index in [1.807, 2.05) is 19.1 Å². The van der Waals surface area contributed by atoms with Crippen LogP contribution in [0.1, 0.15) is 36.8 Å². The van der Waals surface area contributed by atoms with Crippen LogP contribution in [-0.2, 0) is 26.2 Å². The Hall–Kier alpha value is -6.86. The lowest BCUT2D eigenvalue weighted by Crippen LogP contribution is -2.49. The van der Waals surface area contributed by atoms with Gasteiger partial charge in [-0.1, -0.05) is 23.3 Å². The van der Waals surface area contributed by atoms with Crippen LogP contribution >= 0.6 is 22.9 Å². The fourth-order valence-corrected chi connectivity index (χ4v) is 11.9. The first-order chi connectivity index (χ1) is 30.3. The van der Waals surface area contributed by atoms with Gasteiger partial charge in [-0.05, 0) is 79.5 Å². The number of nitro groups is 2. The minimum Gasteiger partial charge on any atom is -0.502 e. The molecule has 1 saturated carbocycles. The molecule has 4 heterocycles. The lowest BCUT2D eigenvalue weighted by molar-refractivity contribution is -0.392. The van der Waals surface area contributed by atoms with Crippen LogP contribution in [0.3, 0.4) is 0 Å². The van der Waals surface area contributed by atoms with Crippen LogP contribution in [0.2, 0.25) is 5.02 Å². The predicted octanol–water partition coefficient (Wildman–Crippen LogP) is 7.30. The third kappa shape index (κ3) is 5.93. The van der Waals surface area contributed by atoms with E-state index in [1.165, 1.54) is 49.2 Å². The van der Waals surface area contributed by atoms with Crippen molar-refractivity contribution in [2.75, 3.05) is 43.0 Å². The molecule has 20 heteroatoms. The highest BCUT2D eigenvalue weighted by Crippen LogP contribution is 2.64. The Kier molecular flexibility index (Phi) is 9.86. The number of imide groups is 2. The highest BCUT2D eigenvalue weighted by atomic mass is 35.5. The van der Waals surface area contributed by atoms with E-state index in [0.29, 0.717) is 21.9 Å². The monoisotopic (exact) mass is 909 g/mol. The summed E-state index contributed by atoms with van der Waals surface area (Å²) < 4.78 is 13.5. The number of methoxy groups -OCH3 is 2. The first-order valence-corrected chi connectivity index (χ1v) is 21.3. The number of phenols is 1. The van der Waals surface area contributed by atoms with Crippen molar-refractivity contribution in [3.05, 3.63) is 96.6 Å². The van der Waals surface area contributed by atoms with Crippen LogP contribution in [0.5, 0.6) is 17.2 Å². The third-order valence-corrected chi connectivity index (χ3v) is 15.0. The molecule has 1 N–H and O–H groups in total. The van der Waals surface area contributed by atoms with E-state index in [0.717, 1.165) is 42.5 Å². The zero-order valence-electron chi connectivity index (χ0n) is 35.4. The molecule has 2 aliphatic carbocycles. The number of thiophene rings is 1. The zero-order chi connectivity index (χ0) is 46.0. The number of allylic oxidation sites excluding steroid dienone is 2. The van der Waals surface area contributed by atoms with E-state index in [1.54, 1.807) is 44.3 Å². The van der Waals surface area contributed by atoms with Gasteiger partial charge in [-0.3, -0.25) is 44.1 Å². The smallest absolute Gasteiger partial charge is 0.301 e. The summed E-state index contributed by atoms with van der Waals surface area (Å²) in [6, 6.07) is 12.4. The second kappa shape index (κ2) is 14.9. The maximum atomic E-state index is 15.4. The summed E-state index contributed by atoms with van der Waals surface area (Å²) in [4.78, 5) is 86.6. The molecule has 2 saturated heterocycles. The molecule has 3 fully saturated rings. The van der Waals surface area contributed by atoms with Crippen LogP contribution < -0.4 is 24.2 Å². The number of rotatable bonds is 9. The van der Waals surface area contributed by atoms with Crippen molar-refractivity contribution in [3.8, 4) is 27.8 Å². The SMILES string of the molecule is COc1cc(C2C3=CCC4C(=O)N(c5cc([N+](=O)[O-])c(N(C)C)c([N+](=O)[O-])c5)C(=O)C4C3CC3C(=O)N(c4cc(-c5sc6ccc(Cl)cc6c5C)nn4C)C(=O)C32C)cc(OC)c1O. The molecule has 0 radical (unpaired) electrons. The number of hydrogen-bond donors (Lipinski definition) is 1. The lowest BCUT2D eigenvalue weighted by Gasteiger charge is -2.49. The van der Waals surface area contributed by atoms with E-state index in [4.69, 9.17) is 26.2 Å². The van der Waals surface area contributed by atoms with E-state index in [-0.39, 0.29) is 47.3 Å². The molecule has 6 unspecified atom stereocenters. The van der Waals surface area contributed by atoms with Crippen LogP contribution in [0, 0.1) is 56.2 Å². The highest BCUT2D eigenvalue weighted by molar-refractivity contribution is 7.22. The summed E-state index contributed by atoms with van der Waals surface area (Å²) in [5, 5.41) is 41.8. The number of nitrogens with zero attached hydrogens (tertiary/aromatic N) is 7. The molecule has 0 spiro atoms. The Labute approximate surface area is 373 Å². The van der Waals surface area contributed by atoms with Crippen molar-refractivity contribution in [2.24, 2.45) is 36.1 Å². The van der Waals surface area contributed by atoms with Gasteiger partial charge in [-0.25, -0.2) is 9.80 Å². The second-order valence-electron chi connectivity index (χ2n) is 16.9. The number of benzene rings is 3. The van der Waals surface area contributed by atoms with Crippen LogP contribution in [0.25, 0.3) is 20.7 Å². The van der Waals surface area contributed by atoms with Gasteiger partial charge in [0.2, 0.25) is 29.4 Å². The van der Waals surface area contributed by atoms with Crippen molar-refractivity contribution in [3.63, 3.8) is 0 Å². The van der Waals surface area contributed by atoms with E-state index in [2.05, 4.69) is 0 Å². The van der Waals surface area contributed by atoms with Crippen LogP contribution in [0.4, 0.5) is 28.6 Å². The second-order valence-corrected chi connectivity index (χ2v) is 18.4. The number of carbonyl (C=O) groups is 4. The van der Waals surface area contributed by atoms with Gasteiger partial charge in [0.25, 0.3) is 0 Å². The Morgan fingerprint density at radius 3 is 2.16 bits per heavy atom. The molecule has 4 aliphatic rings. The lowest BCUT2D eigenvalue weighted by atomic mass is 9.51. The molecule has 6 atom stereocenters. The minimum absolute atomic E-state index is 0.0117. The maximum Gasteiger partial charge on any atom is 0.301 e. The van der Waals surface area contributed by atoms with Gasteiger partial charge in [0.1, 0.15) is 11.5 Å². The summed E-state index contributed by atoms with van der Waals surface area (Å²) in [5.74, 6) is -7.52. The topological polar surface area (TPSA) is 221 Å². The number of phenolic OH excluding ortho intramolecular Hbond substituents is 1. The standard InChI is InChI=1S/C44H40ClN7O11S/c1-19-25-14-21(45)8-11-33(25)64-39(19)28-18-34(48(5)46-28)50-41(55)27-17-26-23(36(44(27,2)43(50)57)20-12-31(62-6)38(53)32(13-20)63-7)9-10-24-35(26)42(56)49(40(24)54)22-15-29(51(58)59)37(47(3)4)30(16-22)52(60)61/h8-9,11-16,18,24,26-27,35-36,53H,10,17H2,1-7H3.